The van der Waals surface area contributed by atoms with Crippen LogP contribution in [0.15, 0.2) is 53.0 Å². The Labute approximate surface area is 126 Å². The molecule has 2 aromatic rings. The van der Waals surface area contributed by atoms with Crippen LogP contribution in [0.4, 0.5) is 10.1 Å². The molecule has 0 bridgehead atoms. The van der Waals surface area contributed by atoms with Gasteiger partial charge in [-0.15, -0.1) is 0 Å². The van der Waals surface area contributed by atoms with Crippen molar-refractivity contribution in [1.82, 2.24) is 0 Å². The number of para-hydroxylation sites is 1. The lowest BCUT2D eigenvalue weighted by atomic mass is 9.87. The number of halogens is 2. The predicted molar refractivity (Wildman–Crippen MR) is 83.2 cm³/mol. The van der Waals surface area contributed by atoms with E-state index in [0.717, 1.165) is 10.0 Å². The monoisotopic (exact) mass is 337 g/mol. The van der Waals surface area contributed by atoms with Crippen molar-refractivity contribution in [2.24, 2.45) is 0 Å². The molecule has 0 fully saturated rings. The maximum absolute atomic E-state index is 13.8. The number of nitrogens with one attached hydrogen (secondary N) is 1. The first-order valence-electron chi connectivity index (χ1n) is 6.51. The normalized spacial score (nSPS) is 13.8. The first kappa shape index (κ1) is 15.0. The zero-order valence-corrected chi connectivity index (χ0v) is 12.8. The van der Waals surface area contributed by atoms with Gasteiger partial charge in [-0.05, 0) is 36.2 Å². The lowest BCUT2D eigenvalue weighted by Gasteiger charge is -2.34. The van der Waals surface area contributed by atoms with Crippen LogP contribution in [0.2, 0.25) is 0 Å². The van der Waals surface area contributed by atoms with Crippen LogP contribution >= 0.6 is 15.9 Å². The van der Waals surface area contributed by atoms with E-state index in [1.165, 1.54) is 6.07 Å². The SMILES string of the molecule is CCC(CO)(Nc1ccccc1F)c1cccc(Br)c1. The lowest BCUT2D eigenvalue weighted by Crippen LogP contribution is -2.38. The summed E-state index contributed by atoms with van der Waals surface area (Å²) in [6.07, 6.45) is 0.633. The Morgan fingerprint density at radius 2 is 1.95 bits per heavy atom. The third-order valence-corrected chi connectivity index (χ3v) is 3.99. The maximum atomic E-state index is 13.8. The van der Waals surface area contributed by atoms with E-state index < -0.39 is 5.54 Å². The van der Waals surface area contributed by atoms with Crippen molar-refractivity contribution in [3.05, 3.63) is 64.4 Å². The van der Waals surface area contributed by atoms with E-state index in [9.17, 15) is 9.50 Å². The summed E-state index contributed by atoms with van der Waals surface area (Å²) in [7, 11) is 0. The third kappa shape index (κ3) is 3.02. The summed E-state index contributed by atoms with van der Waals surface area (Å²) < 4.78 is 14.8. The molecule has 1 atom stereocenters. The van der Waals surface area contributed by atoms with Crippen LogP contribution in [-0.2, 0) is 5.54 Å². The average Bonchev–Trinajstić information content (AvgIpc) is 2.47. The van der Waals surface area contributed by atoms with Crippen molar-refractivity contribution in [3.8, 4) is 0 Å². The van der Waals surface area contributed by atoms with Gasteiger partial charge in [0, 0.05) is 4.47 Å². The van der Waals surface area contributed by atoms with Gasteiger partial charge in [0.2, 0.25) is 0 Å². The number of aliphatic hydroxyl groups is 1. The van der Waals surface area contributed by atoms with E-state index in [1.54, 1.807) is 18.2 Å². The summed E-state index contributed by atoms with van der Waals surface area (Å²) in [5.41, 5.74) is 0.606. The Hall–Kier alpha value is -1.39. The van der Waals surface area contributed by atoms with Crippen molar-refractivity contribution in [2.75, 3.05) is 11.9 Å². The van der Waals surface area contributed by atoms with E-state index in [4.69, 9.17) is 0 Å². The molecular weight excluding hydrogens is 321 g/mol. The first-order chi connectivity index (χ1) is 9.61. The fraction of sp³-hybridized carbons (Fsp3) is 0.250. The van der Waals surface area contributed by atoms with Crippen LogP contribution in [-0.4, -0.2) is 11.7 Å². The smallest absolute Gasteiger partial charge is 0.146 e. The van der Waals surface area contributed by atoms with Crippen molar-refractivity contribution in [3.63, 3.8) is 0 Å². The Kier molecular flexibility index (Phi) is 4.78. The highest BCUT2D eigenvalue weighted by molar-refractivity contribution is 9.10. The molecule has 0 heterocycles. The molecule has 106 valence electrons. The molecule has 0 saturated heterocycles. The highest BCUT2D eigenvalue weighted by Gasteiger charge is 2.30. The molecule has 0 saturated carbocycles. The van der Waals surface area contributed by atoms with Crippen LogP contribution in [0.5, 0.6) is 0 Å². The molecule has 20 heavy (non-hydrogen) atoms. The molecular formula is C16H17BrFNO. The Balaban J connectivity index is 2.42. The van der Waals surface area contributed by atoms with Gasteiger partial charge in [-0.25, -0.2) is 4.39 Å². The molecule has 2 aromatic carbocycles. The molecule has 4 heteroatoms. The maximum Gasteiger partial charge on any atom is 0.146 e. The van der Waals surface area contributed by atoms with Gasteiger partial charge in [0.05, 0.1) is 17.8 Å². The Bertz CT molecular complexity index is 584. The Morgan fingerprint density at radius 1 is 1.20 bits per heavy atom. The minimum atomic E-state index is -0.702. The van der Waals surface area contributed by atoms with Crippen LogP contribution < -0.4 is 5.32 Å². The number of hydrogen-bond acceptors (Lipinski definition) is 2. The topological polar surface area (TPSA) is 32.3 Å². The van der Waals surface area contributed by atoms with Gasteiger partial charge in [-0.2, -0.15) is 0 Å². The summed E-state index contributed by atoms with van der Waals surface area (Å²) in [5, 5.41) is 13.0. The zero-order chi connectivity index (χ0) is 14.6. The highest BCUT2D eigenvalue weighted by Crippen LogP contribution is 2.31. The molecule has 0 aliphatic rings. The molecule has 2 N–H and O–H groups in total. The predicted octanol–water partition coefficient (Wildman–Crippen LogP) is 4.30. The lowest BCUT2D eigenvalue weighted by molar-refractivity contribution is 0.207. The molecule has 0 spiro atoms. The van der Waals surface area contributed by atoms with Gasteiger partial charge < -0.3 is 10.4 Å². The first-order valence-corrected chi connectivity index (χ1v) is 7.30. The van der Waals surface area contributed by atoms with Gasteiger partial charge in [0.25, 0.3) is 0 Å². The van der Waals surface area contributed by atoms with Crippen LogP contribution in [0, 0.1) is 5.82 Å². The fourth-order valence-electron chi connectivity index (χ4n) is 2.21. The van der Waals surface area contributed by atoms with Crippen LogP contribution in [0.1, 0.15) is 18.9 Å². The summed E-state index contributed by atoms with van der Waals surface area (Å²) in [6, 6.07) is 14.2. The summed E-state index contributed by atoms with van der Waals surface area (Å²) in [6.45, 7) is 1.85. The van der Waals surface area contributed by atoms with Gasteiger partial charge in [0.15, 0.2) is 0 Å². The highest BCUT2D eigenvalue weighted by atomic mass is 79.9. The van der Waals surface area contributed by atoms with Gasteiger partial charge >= 0.3 is 0 Å². The molecule has 0 radical (unpaired) electrons. The second-order valence-corrected chi connectivity index (χ2v) is 5.62. The van der Waals surface area contributed by atoms with E-state index in [-0.39, 0.29) is 12.4 Å². The molecule has 0 aliphatic carbocycles. The number of rotatable bonds is 5. The summed E-state index contributed by atoms with van der Waals surface area (Å²) >= 11 is 3.43. The third-order valence-electron chi connectivity index (χ3n) is 3.50. The Morgan fingerprint density at radius 3 is 2.55 bits per heavy atom. The van der Waals surface area contributed by atoms with Crippen molar-refractivity contribution >= 4 is 21.6 Å². The van der Waals surface area contributed by atoms with E-state index >= 15 is 0 Å². The second kappa shape index (κ2) is 6.37. The molecule has 2 nitrogen and oxygen atoms in total. The average molecular weight is 338 g/mol. The standard InChI is InChI=1S/C16H17BrFNO/c1-2-16(11-20,12-6-5-7-13(17)10-12)19-15-9-4-3-8-14(15)18/h3-10,19-20H,2,11H2,1H3. The number of benzene rings is 2. The molecule has 0 aromatic heterocycles. The van der Waals surface area contributed by atoms with E-state index in [2.05, 4.69) is 21.2 Å². The zero-order valence-electron chi connectivity index (χ0n) is 11.2. The molecule has 0 aliphatic heterocycles. The molecule has 2 rings (SSSR count). The van der Waals surface area contributed by atoms with Gasteiger partial charge in [-0.3, -0.25) is 0 Å². The minimum Gasteiger partial charge on any atom is -0.394 e. The summed E-state index contributed by atoms with van der Waals surface area (Å²) in [4.78, 5) is 0. The van der Waals surface area contributed by atoms with Crippen molar-refractivity contribution in [2.45, 2.75) is 18.9 Å². The van der Waals surface area contributed by atoms with Gasteiger partial charge in [0.1, 0.15) is 5.82 Å². The van der Waals surface area contributed by atoms with Crippen molar-refractivity contribution < 1.29 is 9.50 Å². The number of anilines is 1. The molecule has 1 unspecified atom stereocenters. The van der Waals surface area contributed by atoms with Crippen molar-refractivity contribution in [1.29, 1.82) is 0 Å². The largest absolute Gasteiger partial charge is 0.394 e. The second-order valence-electron chi connectivity index (χ2n) is 4.71. The summed E-state index contributed by atoms with van der Waals surface area (Å²) in [5.74, 6) is -0.325. The minimum absolute atomic E-state index is 0.117. The van der Waals surface area contributed by atoms with Crippen LogP contribution in [0.25, 0.3) is 0 Å². The van der Waals surface area contributed by atoms with E-state index in [1.807, 2.05) is 31.2 Å². The van der Waals surface area contributed by atoms with Gasteiger partial charge in [-0.1, -0.05) is 47.1 Å². The number of aliphatic hydroxyl groups excluding tert-OH is 1. The quantitative estimate of drug-likeness (QED) is 0.852. The fourth-order valence-corrected chi connectivity index (χ4v) is 2.61. The van der Waals surface area contributed by atoms with Crippen LogP contribution in [0.3, 0.4) is 0 Å². The number of hydrogen-bond donors (Lipinski definition) is 2. The molecule has 0 amide bonds. The van der Waals surface area contributed by atoms with E-state index in [0.29, 0.717) is 12.1 Å².